The molecule has 0 spiro atoms. The van der Waals surface area contributed by atoms with E-state index in [0.717, 1.165) is 11.3 Å². The summed E-state index contributed by atoms with van der Waals surface area (Å²) >= 11 is 0.903. The number of carbonyl (C=O) groups is 1. The number of anilines is 1. The quantitative estimate of drug-likeness (QED) is 0.674. The van der Waals surface area contributed by atoms with E-state index in [0.29, 0.717) is 10.4 Å². The standard InChI is InChI=1S/C11H7N3O6S/c12-8-5-9(21-10(8)11(15)20-14(18)19)6-1-3-7(4-2-6)13(16)17/h1-5H,12H2. The largest absolute Gasteiger partial charge is 0.397 e. The lowest BCUT2D eigenvalue weighted by Gasteiger charge is -1.96. The molecule has 2 rings (SSSR count). The predicted molar refractivity (Wildman–Crippen MR) is 73.2 cm³/mol. The number of carbonyl (C=O) groups excluding carboxylic acids is 1. The molecule has 0 unspecified atom stereocenters. The zero-order valence-electron chi connectivity index (χ0n) is 10.2. The fourth-order valence-electron chi connectivity index (χ4n) is 1.56. The Morgan fingerprint density at radius 1 is 1.19 bits per heavy atom. The Bertz CT molecular complexity index is 724. The van der Waals surface area contributed by atoms with Gasteiger partial charge in [0, 0.05) is 17.0 Å². The average Bonchev–Trinajstić information content (AvgIpc) is 2.80. The maximum absolute atomic E-state index is 11.4. The smallest absolute Gasteiger partial charge is 0.346 e. The van der Waals surface area contributed by atoms with Crippen LogP contribution in [0.4, 0.5) is 11.4 Å². The minimum atomic E-state index is -1.22. The van der Waals surface area contributed by atoms with Crippen LogP contribution in [0.5, 0.6) is 0 Å². The second kappa shape index (κ2) is 5.54. The molecule has 0 atom stereocenters. The molecule has 0 fully saturated rings. The van der Waals surface area contributed by atoms with E-state index in [1.165, 1.54) is 30.3 Å². The second-order valence-electron chi connectivity index (χ2n) is 3.80. The third-order valence-corrected chi connectivity index (χ3v) is 3.65. The highest BCUT2D eigenvalue weighted by atomic mass is 32.1. The number of hydrogen-bond donors (Lipinski definition) is 1. The predicted octanol–water partition coefficient (Wildman–Crippen LogP) is 2.25. The summed E-state index contributed by atoms with van der Waals surface area (Å²) in [6.45, 7) is 0. The van der Waals surface area contributed by atoms with Crippen LogP contribution in [-0.4, -0.2) is 16.0 Å². The van der Waals surface area contributed by atoms with Crippen LogP contribution in [0.1, 0.15) is 9.67 Å². The van der Waals surface area contributed by atoms with Gasteiger partial charge < -0.3 is 5.73 Å². The van der Waals surface area contributed by atoms with E-state index in [1.807, 2.05) is 0 Å². The first-order valence-corrected chi connectivity index (χ1v) is 6.21. The summed E-state index contributed by atoms with van der Waals surface area (Å²) in [5, 5.41) is 19.5. The first-order valence-electron chi connectivity index (χ1n) is 5.39. The van der Waals surface area contributed by atoms with Crippen LogP contribution in [-0.2, 0) is 4.84 Å². The normalized spacial score (nSPS) is 10.1. The zero-order chi connectivity index (χ0) is 15.6. The van der Waals surface area contributed by atoms with Gasteiger partial charge in [-0.25, -0.2) is 4.84 Å². The van der Waals surface area contributed by atoms with Gasteiger partial charge in [0.05, 0.1) is 10.6 Å². The number of nitro benzene ring substituents is 1. The molecule has 21 heavy (non-hydrogen) atoms. The number of nitrogen functional groups attached to an aromatic ring is 1. The number of thiophene rings is 1. The number of non-ortho nitro benzene ring substituents is 1. The fraction of sp³-hybridized carbons (Fsp3) is 0. The highest BCUT2D eigenvalue weighted by Gasteiger charge is 2.19. The molecule has 0 aliphatic heterocycles. The van der Waals surface area contributed by atoms with Crippen molar-refractivity contribution in [3.05, 3.63) is 55.4 Å². The molecule has 1 heterocycles. The molecule has 9 nitrogen and oxygen atoms in total. The number of hydrogen-bond acceptors (Lipinski definition) is 8. The Morgan fingerprint density at radius 2 is 1.81 bits per heavy atom. The van der Waals surface area contributed by atoms with Crippen molar-refractivity contribution in [1.82, 2.24) is 0 Å². The lowest BCUT2D eigenvalue weighted by Crippen LogP contribution is -2.10. The zero-order valence-corrected chi connectivity index (χ0v) is 11.0. The molecule has 10 heteroatoms. The maximum Gasteiger partial charge on any atom is 0.346 e. The van der Waals surface area contributed by atoms with Crippen LogP contribution < -0.4 is 5.73 Å². The molecule has 0 saturated carbocycles. The molecule has 2 aromatic rings. The van der Waals surface area contributed by atoms with Crippen LogP contribution in [0.25, 0.3) is 10.4 Å². The number of nitrogens with zero attached hydrogens (tertiary/aromatic N) is 2. The van der Waals surface area contributed by atoms with Crippen molar-refractivity contribution in [2.45, 2.75) is 0 Å². The van der Waals surface area contributed by atoms with Gasteiger partial charge in [-0.2, -0.15) is 0 Å². The number of benzene rings is 1. The maximum atomic E-state index is 11.4. The minimum Gasteiger partial charge on any atom is -0.397 e. The number of nitrogens with two attached hydrogens (primary N) is 1. The Balaban J connectivity index is 2.31. The van der Waals surface area contributed by atoms with Crippen LogP contribution in [0, 0.1) is 20.2 Å². The summed E-state index contributed by atoms with van der Waals surface area (Å²) in [6.07, 6.45) is 0. The summed E-state index contributed by atoms with van der Waals surface area (Å²) < 4.78 is 0. The van der Waals surface area contributed by atoms with Gasteiger partial charge in [0.2, 0.25) is 0 Å². The van der Waals surface area contributed by atoms with Crippen molar-refractivity contribution in [3.63, 3.8) is 0 Å². The lowest BCUT2D eigenvalue weighted by atomic mass is 10.1. The van der Waals surface area contributed by atoms with E-state index >= 15 is 0 Å². The van der Waals surface area contributed by atoms with Crippen LogP contribution in [0.15, 0.2) is 30.3 Å². The third-order valence-electron chi connectivity index (χ3n) is 2.47. The summed E-state index contributed by atoms with van der Waals surface area (Å²) in [7, 11) is 0. The Hall–Kier alpha value is -3.01. The summed E-state index contributed by atoms with van der Waals surface area (Å²) in [5.41, 5.74) is 6.18. The highest BCUT2D eigenvalue weighted by Crippen LogP contribution is 2.34. The minimum absolute atomic E-state index is 0.0419. The molecule has 0 aliphatic carbocycles. The Morgan fingerprint density at radius 3 is 2.33 bits per heavy atom. The van der Waals surface area contributed by atoms with E-state index in [2.05, 4.69) is 4.84 Å². The SMILES string of the molecule is Nc1cc(-c2ccc([N+](=O)[O-])cc2)sc1C(=O)O[N+](=O)[O-]. The van der Waals surface area contributed by atoms with E-state index in [-0.39, 0.29) is 16.3 Å². The van der Waals surface area contributed by atoms with Gasteiger partial charge in [-0.05, 0) is 23.8 Å². The van der Waals surface area contributed by atoms with Crippen molar-refractivity contribution in [1.29, 1.82) is 0 Å². The van der Waals surface area contributed by atoms with Gasteiger partial charge in [-0.15, -0.1) is 21.5 Å². The van der Waals surface area contributed by atoms with Crippen LogP contribution in [0.3, 0.4) is 0 Å². The second-order valence-corrected chi connectivity index (χ2v) is 4.85. The molecular formula is C11H7N3O6S. The molecule has 0 aliphatic rings. The molecule has 1 aromatic heterocycles. The third kappa shape index (κ3) is 3.12. The number of rotatable bonds is 4. The lowest BCUT2D eigenvalue weighted by molar-refractivity contribution is -0.727. The molecule has 0 saturated heterocycles. The topological polar surface area (TPSA) is 139 Å². The molecular weight excluding hydrogens is 302 g/mol. The van der Waals surface area contributed by atoms with E-state index in [1.54, 1.807) is 0 Å². The van der Waals surface area contributed by atoms with Gasteiger partial charge in [-0.3, -0.25) is 14.9 Å². The van der Waals surface area contributed by atoms with Gasteiger partial charge in [0.15, 0.2) is 0 Å². The number of nitro groups is 1. The molecule has 0 bridgehead atoms. The van der Waals surface area contributed by atoms with Gasteiger partial charge in [0.1, 0.15) is 4.88 Å². The van der Waals surface area contributed by atoms with E-state index < -0.39 is 16.0 Å². The fourth-order valence-corrected chi connectivity index (χ4v) is 2.52. The Labute approximate surface area is 120 Å². The van der Waals surface area contributed by atoms with Gasteiger partial charge in [0.25, 0.3) is 5.69 Å². The van der Waals surface area contributed by atoms with Gasteiger partial charge in [-0.1, -0.05) is 0 Å². The molecule has 2 N–H and O–H groups in total. The molecule has 0 amide bonds. The first-order chi connectivity index (χ1) is 9.88. The summed E-state index contributed by atoms with van der Waals surface area (Å²) in [4.78, 5) is 35.9. The van der Waals surface area contributed by atoms with Crippen molar-refractivity contribution >= 4 is 28.7 Å². The highest BCUT2D eigenvalue weighted by molar-refractivity contribution is 7.18. The van der Waals surface area contributed by atoms with Gasteiger partial charge >= 0.3 is 11.1 Å². The van der Waals surface area contributed by atoms with Crippen molar-refractivity contribution in [3.8, 4) is 10.4 Å². The summed E-state index contributed by atoms with van der Waals surface area (Å²) in [5.74, 6) is -1.16. The van der Waals surface area contributed by atoms with Crippen molar-refractivity contribution in [2.75, 3.05) is 5.73 Å². The molecule has 1 aromatic carbocycles. The van der Waals surface area contributed by atoms with Crippen LogP contribution >= 0.6 is 11.3 Å². The van der Waals surface area contributed by atoms with E-state index in [9.17, 15) is 25.0 Å². The van der Waals surface area contributed by atoms with Crippen LogP contribution in [0.2, 0.25) is 0 Å². The molecule has 0 radical (unpaired) electrons. The monoisotopic (exact) mass is 309 g/mol. The van der Waals surface area contributed by atoms with E-state index in [4.69, 9.17) is 5.73 Å². The van der Waals surface area contributed by atoms with Crippen molar-refractivity contribution in [2.24, 2.45) is 0 Å². The Kier molecular flexibility index (Phi) is 3.80. The summed E-state index contributed by atoms with van der Waals surface area (Å²) in [6, 6.07) is 7.04. The average molecular weight is 309 g/mol. The van der Waals surface area contributed by atoms with Crippen molar-refractivity contribution < 1.29 is 19.6 Å². The first kappa shape index (κ1) is 14.4. The molecule has 108 valence electrons.